The highest BCUT2D eigenvalue weighted by atomic mass is 35.5. The standard InChI is InChI=1S/C28H31ClF2N3O6PS/c1-3-34(12-14-40-41(35,36)37)28(30,31)11-13-39-24-10-9-22(25-23-16-19(29)17-32-27(23)33-26(24)25)18-5-4-6-21(15-18)42(2,38)20-7-8-20/h4-6,9-10,15-17,20H,2-3,7-8,11-14H2,1H3,(H,32,33)(H2,35,36,37). The van der Waals surface area contributed by atoms with Crippen molar-refractivity contribution in [2.45, 2.75) is 42.4 Å². The third-order valence-electron chi connectivity index (χ3n) is 7.27. The van der Waals surface area contributed by atoms with E-state index in [2.05, 4.69) is 20.4 Å². The van der Waals surface area contributed by atoms with Crippen LogP contribution in [0.2, 0.25) is 5.02 Å². The van der Waals surface area contributed by atoms with Crippen LogP contribution >= 0.6 is 19.4 Å². The molecule has 5 rings (SSSR count). The van der Waals surface area contributed by atoms with Crippen LogP contribution in [0.1, 0.15) is 26.2 Å². The van der Waals surface area contributed by atoms with Gasteiger partial charge in [0.2, 0.25) is 0 Å². The molecule has 3 N–H and O–H groups in total. The van der Waals surface area contributed by atoms with Crippen molar-refractivity contribution in [3.05, 3.63) is 53.7 Å². The maximum absolute atomic E-state index is 15.0. The third-order valence-corrected chi connectivity index (χ3v) is 10.6. The summed E-state index contributed by atoms with van der Waals surface area (Å²) in [5.41, 5.74) is 2.69. The first-order valence-electron chi connectivity index (χ1n) is 13.3. The summed E-state index contributed by atoms with van der Waals surface area (Å²) in [5.74, 6) is 4.37. The van der Waals surface area contributed by atoms with Gasteiger partial charge in [-0.2, -0.15) is 8.78 Å². The molecule has 0 bridgehead atoms. The van der Waals surface area contributed by atoms with Crippen molar-refractivity contribution in [1.82, 2.24) is 14.9 Å². The van der Waals surface area contributed by atoms with E-state index in [1.807, 2.05) is 30.3 Å². The monoisotopic (exact) mass is 641 g/mol. The Bertz CT molecular complexity index is 1770. The molecular weight excluding hydrogens is 611 g/mol. The van der Waals surface area contributed by atoms with Gasteiger partial charge in [-0.1, -0.05) is 30.7 Å². The zero-order valence-corrected chi connectivity index (χ0v) is 25.2. The second kappa shape index (κ2) is 11.8. The topological polar surface area (TPSA) is 125 Å². The molecule has 2 heterocycles. The minimum absolute atomic E-state index is 0.0651. The highest BCUT2D eigenvalue weighted by Crippen LogP contribution is 2.41. The molecule has 1 atom stereocenters. The van der Waals surface area contributed by atoms with E-state index in [1.165, 1.54) is 13.1 Å². The number of H-pyrrole nitrogens is 1. The van der Waals surface area contributed by atoms with E-state index in [0.29, 0.717) is 32.2 Å². The van der Waals surface area contributed by atoms with E-state index in [0.717, 1.165) is 34.3 Å². The number of hydrogen-bond acceptors (Lipinski definition) is 6. The molecule has 42 heavy (non-hydrogen) atoms. The maximum atomic E-state index is 15.0. The van der Waals surface area contributed by atoms with Crippen LogP contribution in [0.3, 0.4) is 0 Å². The summed E-state index contributed by atoms with van der Waals surface area (Å²) in [6, 6.07) is 9.44. The second-order valence-corrected chi connectivity index (χ2v) is 14.4. The number of likely N-dealkylation sites (N-methyl/N-ethyl adjacent to an activating group) is 1. The number of halogens is 3. The van der Waals surface area contributed by atoms with Crippen LogP contribution < -0.4 is 4.74 Å². The predicted molar refractivity (Wildman–Crippen MR) is 161 cm³/mol. The molecule has 2 aromatic carbocycles. The first-order valence-corrected chi connectivity index (χ1v) is 17.0. The van der Waals surface area contributed by atoms with Gasteiger partial charge < -0.3 is 19.5 Å². The molecule has 1 saturated carbocycles. The molecule has 1 aliphatic rings. The molecule has 9 nitrogen and oxygen atoms in total. The Morgan fingerprint density at radius 1 is 1.24 bits per heavy atom. The summed E-state index contributed by atoms with van der Waals surface area (Å²) in [6.07, 6.45) is 2.62. The van der Waals surface area contributed by atoms with Crippen LogP contribution in [0.15, 0.2) is 53.6 Å². The number of alkyl halides is 2. The lowest BCUT2D eigenvalue weighted by molar-refractivity contribution is -0.156. The van der Waals surface area contributed by atoms with Crippen LogP contribution in [-0.4, -0.2) is 72.3 Å². The van der Waals surface area contributed by atoms with E-state index in [4.69, 9.17) is 26.1 Å². The van der Waals surface area contributed by atoms with Crippen molar-refractivity contribution in [3.63, 3.8) is 0 Å². The summed E-state index contributed by atoms with van der Waals surface area (Å²) >= 11 is 6.29. The summed E-state index contributed by atoms with van der Waals surface area (Å²) < 4.78 is 64.3. The van der Waals surface area contributed by atoms with Gasteiger partial charge in [0.25, 0.3) is 0 Å². The molecule has 0 saturated heterocycles. The Hall–Kier alpha value is -2.57. The van der Waals surface area contributed by atoms with Crippen LogP contribution in [-0.2, 0) is 18.6 Å². The predicted octanol–water partition coefficient (Wildman–Crippen LogP) is 6.07. The molecule has 0 spiro atoms. The van der Waals surface area contributed by atoms with E-state index < -0.39 is 36.4 Å². The van der Waals surface area contributed by atoms with E-state index in [9.17, 15) is 17.6 Å². The van der Waals surface area contributed by atoms with Gasteiger partial charge in [-0.25, -0.2) is 14.4 Å². The molecule has 0 radical (unpaired) electrons. The number of aromatic amines is 1. The van der Waals surface area contributed by atoms with Gasteiger partial charge in [-0.3, -0.25) is 8.73 Å². The Morgan fingerprint density at radius 2 is 2.00 bits per heavy atom. The molecule has 4 aromatic rings. The van der Waals surface area contributed by atoms with Crippen LogP contribution in [0, 0.1) is 0 Å². The lowest BCUT2D eigenvalue weighted by atomic mass is 9.99. The van der Waals surface area contributed by atoms with Crippen molar-refractivity contribution >= 4 is 56.8 Å². The number of nitrogens with zero attached hydrogens (tertiary/aromatic N) is 2. The normalized spacial score (nSPS) is 15.9. The molecule has 0 amide bonds. The number of ether oxygens (including phenoxy) is 1. The molecule has 1 aliphatic carbocycles. The van der Waals surface area contributed by atoms with Gasteiger partial charge in [-0.05, 0) is 69.7 Å². The molecule has 2 aromatic heterocycles. The van der Waals surface area contributed by atoms with Gasteiger partial charge in [-0.15, -0.1) is 0 Å². The van der Waals surface area contributed by atoms with E-state index in [1.54, 1.807) is 12.1 Å². The van der Waals surface area contributed by atoms with E-state index >= 15 is 0 Å². The molecule has 226 valence electrons. The number of benzene rings is 2. The SMILES string of the molecule is C=S(=O)(c1cccc(-c2ccc(OCCC(F)(F)N(CC)CCOP(=O)(O)O)c3[nH]c4ncc(Cl)cc4c23)c1)C1CC1. The highest BCUT2D eigenvalue weighted by Gasteiger charge is 2.36. The highest BCUT2D eigenvalue weighted by molar-refractivity contribution is 8.01. The number of aromatic nitrogens is 2. The zero-order valence-electron chi connectivity index (χ0n) is 22.8. The number of fused-ring (bicyclic) bond motifs is 3. The first-order chi connectivity index (χ1) is 19.8. The summed E-state index contributed by atoms with van der Waals surface area (Å²) in [6.45, 7) is 0.184. The minimum Gasteiger partial charge on any atom is -0.491 e. The summed E-state index contributed by atoms with van der Waals surface area (Å²) in [7, 11) is -7.19. The molecule has 1 fully saturated rings. The van der Waals surface area contributed by atoms with Crippen molar-refractivity contribution in [1.29, 1.82) is 0 Å². The number of hydrogen-bond donors (Lipinski definition) is 3. The zero-order chi connectivity index (χ0) is 30.3. The van der Waals surface area contributed by atoms with Crippen molar-refractivity contribution < 1.29 is 36.6 Å². The van der Waals surface area contributed by atoms with Crippen LogP contribution in [0.25, 0.3) is 33.1 Å². The maximum Gasteiger partial charge on any atom is 0.469 e. The van der Waals surface area contributed by atoms with Gasteiger partial charge >= 0.3 is 13.9 Å². The lowest BCUT2D eigenvalue weighted by Gasteiger charge is -2.30. The Balaban J connectivity index is 1.44. The summed E-state index contributed by atoms with van der Waals surface area (Å²) in [4.78, 5) is 26.7. The Labute approximate surface area is 247 Å². The Kier molecular flexibility index (Phi) is 8.70. The molecular formula is C28H31ClF2N3O6PS. The smallest absolute Gasteiger partial charge is 0.469 e. The van der Waals surface area contributed by atoms with Crippen LogP contribution in [0.4, 0.5) is 8.78 Å². The van der Waals surface area contributed by atoms with Gasteiger partial charge in [0.05, 0.1) is 30.2 Å². The fourth-order valence-electron chi connectivity index (χ4n) is 4.98. The van der Waals surface area contributed by atoms with E-state index in [-0.39, 0.29) is 24.9 Å². The van der Waals surface area contributed by atoms with Gasteiger partial charge in [0.15, 0.2) is 0 Å². The fourth-order valence-corrected chi connectivity index (χ4v) is 7.38. The second-order valence-electron chi connectivity index (χ2n) is 10.2. The lowest BCUT2D eigenvalue weighted by Crippen LogP contribution is -2.44. The largest absolute Gasteiger partial charge is 0.491 e. The quantitative estimate of drug-likeness (QED) is 0.0913. The average Bonchev–Trinajstić information content (AvgIpc) is 3.73. The van der Waals surface area contributed by atoms with Crippen molar-refractivity contribution in [2.75, 3.05) is 26.3 Å². The number of pyridine rings is 1. The van der Waals surface area contributed by atoms with Crippen LogP contribution in [0.5, 0.6) is 5.75 Å². The van der Waals surface area contributed by atoms with Crippen molar-refractivity contribution in [3.8, 4) is 16.9 Å². The Morgan fingerprint density at radius 3 is 2.69 bits per heavy atom. The molecule has 1 unspecified atom stereocenters. The third kappa shape index (κ3) is 6.65. The number of nitrogens with one attached hydrogen (secondary N) is 1. The molecule has 0 aliphatic heterocycles. The number of phosphoric acid groups is 1. The van der Waals surface area contributed by atoms with Crippen molar-refractivity contribution in [2.24, 2.45) is 0 Å². The summed E-state index contributed by atoms with van der Waals surface area (Å²) in [5, 5.41) is 1.95. The van der Waals surface area contributed by atoms with Gasteiger partial charge in [0, 0.05) is 40.2 Å². The number of rotatable bonds is 13. The fraction of sp³-hybridized carbons (Fsp3) is 0.357. The average molecular weight is 642 g/mol. The van der Waals surface area contributed by atoms with Gasteiger partial charge in [0.1, 0.15) is 11.4 Å². The first kappa shape index (κ1) is 30.9. The minimum atomic E-state index is -4.76. The molecule has 14 heteroatoms. The number of phosphoric ester groups is 1.